The first-order valence-corrected chi connectivity index (χ1v) is 6.41. The van der Waals surface area contributed by atoms with Crippen molar-refractivity contribution in [2.45, 2.75) is 58.7 Å². The second kappa shape index (κ2) is 9.88. The first-order valence-electron chi connectivity index (χ1n) is 6.03. The molecule has 0 bridgehead atoms. The van der Waals surface area contributed by atoms with Gasteiger partial charge in [0.05, 0.1) is 0 Å². The number of carbonyl (C=O) groups excluding carboxylic acids is 3. The fourth-order valence-corrected chi connectivity index (χ4v) is 1.41. The van der Waals surface area contributed by atoms with E-state index in [4.69, 9.17) is 11.6 Å². The molecule has 0 spiro atoms. The van der Waals surface area contributed by atoms with Crippen molar-refractivity contribution < 1.29 is 23.9 Å². The zero-order valence-corrected chi connectivity index (χ0v) is 11.5. The monoisotopic (exact) mass is 278 g/mol. The molecule has 0 amide bonds. The van der Waals surface area contributed by atoms with Gasteiger partial charge in [0.25, 0.3) is 0 Å². The number of esters is 2. The summed E-state index contributed by atoms with van der Waals surface area (Å²) >= 11 is 5.14. The SMILES string of the molecule is CCCCCCCC(=O)OC(OC(C)=O)C(=O)Cl. The largest absolute Gasteiger partial charge is 0.416 e. The third-order valence-electron chi connectivity index (χ3n) is 2.18. The van der Waals surface area contributed by atoms with Gasteiger partial charge in [0.2, 0.25) is 0 Å². The summed E-state index contributed by atoms with van der Waals surface area (Å²) in [6.45, 7) is 3.20. The molecule has 0 aromatic carbocycles. The maximum absolute atomic E-state index is 11.3. The lowest BCUT2D eigenvalue weighted by Gasteiger charge is -2.13. The van der Waals surface area contributed by atoms with Crippen molar-refractivity contribution in [1.29, 1.82) is 0 Å². The number of ether oxygens (including phenoxy) is 2. The molecule has 0 aliphatic heterocycles. The van der Waals surface area contributed by atoms with Crippen molar-refractivity contribution in [3.8, 4) is 0 Å². The van der Waals surface area contributed by atoms with Gasteiger partial charge in [-0.2, -0.15) is 0 Å². The molecule has 0 aliphatic rings. The third kappa shape index (κ3) is 8.98. The fraction of sp³-hybridized carbons (Fsp3) is 0.750. The van der Waals surface area contributed by atoms with E-state index < -0.39 is 23.5 Å². The van der Waals surface area contributed by atoms with Crippen LogP contribution in [0.15, 0.2) is 0 Å². The molecule has 1 atom stereocenters. The van der Waals surface area contributed by atoms with Gasteiger partial charge in [-0.3, -0.25) is 14.4 Å². The fourth-order valence-electron chi connectivity index (χ4n) is 1.32. The zero-order valence-electron chi connectivity index (χ0n) is 10.7. The summed E-state index contributed by atoms with van der Waals surface area (Å²) in [5.74, 6) is -1.32. The van der Waals surface area contributed by atoms with Crippen LogP contribution in [0.25, 0.3) is 0 Å². The molecular weight excluding hydrogens is 260 g/mol. The van der Waals surface area contributed by atoms with E-state index in [1.807, 2.05) is 0 Å². The van der Waals surface area contributed by atoms with Crippen molar-refractivity contribution in [2.24, 2.45) is 0 Å². The van der Waals surface area contributed by atoms with Crippen LogP contribution < -0.4 is 0 Å². The summed E-state index contributed by atoms with van der Waals surface area (Å²) in [5, 5.41) is -1.02. The highest BCUT2D eigenvalue weighted by Gasteiger charge is 2.23. The molecule has 0 aliphatic carbocycles. The lowest BCUT2D eigenvalue weighted by Crippen LogP contribution is -2.28. The van der Waals surface area contributed by atoms with Gasteiger partial charge in [0, 0.05) is 13.3 Å². The molecule has 104 valence electrons. The molecule has 0 saturated heterocycles. The summed E-state index contributed by atoms with van der Waals surface area (Å²) in [7, 11) is 0. The Balaban J connectivity index is 3.88. The minimum Gasteiger partial charge on any atom is -0.416 e. The topological polar surface area (TPSA) is 69.7 Å². The number of halogens is 1. The average Bonchev–Trinajstić information content (AvgIpc) is 2.27. The number of carbonyl (C=O) groups is 3. The Hall–Kier alpha value is -1.10. The smallest absolute Gasteiger partial charge is 0.321 e. The highest BCUT2D eigenvalue weighted by atomic mass is 35.5. The Labute approximate surface area is 112 Å². The van der Waals surface area contributed by atoms with Crippen LogP contribution in [0.5, 0.6) is 0 Å². The van der Waals surface area contributed by atoms with Crippen LogP contribution in [0.1, 0.15) is 52.4 Å². The van der Waals surface area contributed by atoms with E-state index in [0.29, 0.717) is 6.42 Å². The van der Waals surface area contributed by atoms with Crippen molar-refractivity contribution in [3.63, 3.8) is 0 Å². The van der Waals surface area contributed by atoms with Gasteiger partial charge in [0.1, 0.15) is 0 Å². The molecule has 0 aromatic heterocycles. The van der Waals surface area contributed by atoms with Crippen molar-refractivity contribution in [3.05, 3.63) is 0 Å². The minimum absolute atomic E-state index is 0.186. The normalized spacial score (nSPS) is 11.7. The predicted molar refractivity (Wildman–Crippen MR) is 65.9 cm³/mol. The van der Waals surface area contributed by atoms with Gasteiger partial charge >= 0.3 is 23.5 Å². The van der Waals surface area contributed by atoms with Crippen LogP contribution in [0.4, 0.5) is 0 Å². The first-order chi connectivity index (χ1) is 8.47. The highest BCUT2D eigenvalue weighted by molar-refractivity contribution is 6.64. The number of unbranched alkanes of at least 4 members (excludes halogenated alkanes) is 4. The Kier molecular flexibility index (Phi) is 9.28. The van der Waals surface area contributed by atoms with Crippen molar-refractivity contribution in [1.82, 2.24) is 0 Å². The highest BCUT2D eigenvalue weighted by Crippen LogP contribution is 2.08. The van der Waals surface area contributed by atoms with E-state index >= 15 is 0 Å². The van der Waals surface area contributed by atoms with Crippen LogP contribution in [0.3, 0.4) is 0 Å². The lowest BCUT2D eigenvalue weighted by atomic mass is 10.1. The maximum atomic E-state index is 11.3. The molecule has 0 heterocycles. The predicted octanol–water partition coefficient (Wildman–Crippen LogP) is 2.54. The molecule has 0 fully saturated rings. The van der Waals surface area contributed by atoms with Crippen molar-refractivity contribution in [2.75, 3.05) is 0 Å². The Morgan fingerprint density at radius 3 is 2.17 bits per heavy atom. The third-order valence-corrected chi connectivity index (χ3v) is 2.36. The standard InChI is InChI=1S/C12H19ClO5/c1-3-4-5-6-7-8-10(15)18-12(11(13)16)17-9(2)14/h12H,3-8H2,1-2H3. The summed E-state index contributed by atoms with van der Waals surface area (Å²) in [5.41, 5.74) is 0. The molecular formula is C12H19ClO5. The first kappa shape index (κ1) is 16.9. The van der Waals surface area contributed by atoms with E-state index in [2.05, 4.69) is 16.4 Å². The number of rotatable bonds is 9. The Morgan fingerprint density at radius 2 is 1.67 bits per heavy atom. The van der Waals surface area contributed by atoms with Crippen LogP contribution in [-0.2, 0) is 23.9 Å². The van der Waals surface area contributed by atoms with Crippen LogP contribution in [0.2, 0.25) is 0 Å². The van der Waals surface area contributed by atoms with Crippen LogP contribution in [0, 0.1) is 0 Å². The zero-order chi connectivity index (χ0) is 14.0. The summed E-state index contributed by atoms with van der Waals surface area (Å²) < 4.78 is 9.13. The average molecular weight is 279 g/mol. The molecule has 0 saturated carbocycles. The van der Waals surface area contributed by atoms with E-state index in [-0.39, 0.29) is 6.42 Å². The van der Waals surface area contributed by atoms with Gasteiger partial charge in [-0.15, -0.1) is 0 Å². The van der Waals surface area contributed by atoms with E-state index in [1.165, 1.54) is 0 Å². The van der Waals surface area contributed by atoms with Crippen molar-refractivity contribution >= 4 is 28.8 Å². The molecule has 0 rings (SSSR count). The van der Waals surface area contributed by atoms with Gasteiger partial charge in [-0.1, -0.05) is 32.6 Å². The molecule has 1 unspecified atom stereocenters. The minimum atomic E-state index is -1.63. The quantitative estimate of drug-likeness (QED) is 0.280. The number of hydrogen-bond acceptors (Lipinski definition) is 5. The molecule has 18 heavy (non-hydrogen) atoms. The van der Waals surface area contributed by atoms with E-state index in [1.54, 1.807) is 0 Å². The van der Waals surface area contributed by atoms with Gasteiger partial charge in [-0.25, -0.2) is 0 Å². The summed E-state index contributed by atoms with van der Waals surface area (Å²) in [6, 6.07) is 0. The molecule has 0 N–H and O–H groups in total. The van der Waals surface area contributed by atoms with E-state index in [0.717, 1.165) is 32.6 Å². The molecule has 6 heteroatoms. The Morgan fingerprint density at radius 1 is 1.06 bits per heavy atom. The van der Waals surface area contributed by atoms with E-state index in [9.17, 15) is 14.4 Å². The Bertz CT molecular complexity index is 290. The number of hydrogen-bond donors (Lipinski definition) is 0. The molecule has 5 nitrogen and oxygen atoms in total. The second-order valence-corrected chi connectivity index (χ2v) is 4.27. The van der Waals surface area contributed by atoms with Gasteiger partial charge in [-0.05, 0) is 18.0 Å². The second-order valence-electron chi connectivity index (χ2n) is 3.90. The van der Waals surface area contributed by atoms with Crippen LogP contribution in [-0.4, -0.2) is 23.5 Å². The van der Waals surface area contributed by atoms with Gasteiger partial charge in [0.15, 0.2) is 0 Å². The molecule has 0 aromatic rings. The van der Waals surface area contributed by atoms with Crippen LogP contribution >= 0.6 is 11.6 Å². The molecule has 0 radical (unpaired) electrons. The maximum Gasteiger partial charge on any atom is 0.321 e. The summed E-state index contributed by atoms with van der Waals surface area (Å²) in [6.07, 6.45) is 3.48. The lowest BCUT2D eigenvalue weighted by molar-refractivity contribution is -0.187. The summed E-state index contributed by atoms with van der Waals surface area (Å²) in [4.78, 5) is 32.8. The van der Waals surface area contributed by atoms with Gasteiger partial charge < -0.3 is 9.47 Å².